The zero-order chi connectivity index (χ0) is 25.2. The largest absolute Gasteiger partial charge is 0.389 e. The number of alkyl halides is 1. The molecule has 0 N–H and O–H groups in total. The van der Waals surface area contributed by atoms with Gasteiger partial charge in [-0.05, 0) is 31.8 Å². The summed E-state index contributed by atoms with van der Waals surface area (Å²) in [5, 5.41) is 0. The van der Waals surface area contributed by atoms with Crippen molar-refractivity contribution in [2.24, 2.45) is 0 Å². The van der Waals surface area contributed by atoms with E-state index in [1.165, 1.54) is 103 Å². The van der Waals surface area contributed by atoms with Crippen LogP contribution in [0.1, 0.15) is 168 Å². The molecule has 1 atom stereocenters. The molecule has 204 valence electrons. The molecule has 0 rings (SSSR count). The highest BCUT2D eigenvalue weighted by atomic mass is 32.2. The van der Waals surface area contributed by atoms with E-state index < -0.39 is 15.6 Å². The van der Waals surface area contributed by atoms with Gasteiger partial charge in [0, 0.05) is 0 Å². The molecule has 0 aromatic carbocycles. The van der Waals surface area contributed by atoms with E-state index in [1.807, 2.05) is 0 Å². The Labute approximate surface area is 212 Å². The Balaban J connectivity index is 3.51. The number of allylic oxidation sites excluding steroid dienone is 1. The average molecular weight is 505 g/mol. The maximum atomic E-state index is 14.0. The van der Waals surface area contributed by atoms with Crippen LogP contribution in [-0.4, -0.2) is 13.9 Å². The molecular weight excluding hydrogens is 447 g/mol. The average Bonchev–Trinajstić information content (AvgIpc) is 2.82. The van der Waals surface area contributed by atoms with Crippen molar-refractivity contribution in [1.82, 2.24) is 0 Å². The Morgan fingerprint density at radius 1 is 0.588 bits per heavy atom. The number of hydrogen-bond acceptors (Lipinski definition) is 3. The van der Waals surface area contributed by atoms with E-state index in [0.29, 0.717) is 6.42 Å². The summed E-state index contributed by atoms with van der Waals surface area (Å²) in [6.45, 7) is 4.46. The lowest BCUT2D eigenvalue weighted by Gasteiger charge is -2.08. The van der Waals surface area contributed by atoms with Crippen molar-refractivity contribution < 1.29 is 17.0 Å². The summed E-state index contributed by atoms with van der Waals surface area (Å²) in [4.78, 5) is 0. The highest BCUT2D eigenvalue weighted by molar-refractivity contribution is 7.87. The summed E-state index contributed by atoms with van der Waals surface area (Å²) < 4.78 is 42.5. The second-order valence-corrected chi connectivity index (χ2v) is 11.7. The van der Waals surface area contributed by atoms with Gasteiger partial charge in [-0.1, -0.05) is 142 Å². The molecule has 34 heavy (non-hydrogen) atoms. The Bertz CT molecular complexity index is 533. The van der Waals surface area contributed by atoms with Crippen molar-refractivity contribution in [3.8, 4) is 0 Å². The molecule has 0 aliphatic carbocycles. The van der Waals surface area contributed by atoms with Crippen LogP contribution in [-0.2, 0) is 14.3 Å². The quantitative estimate of drug-likeness (QED) is 0.0634. The van der Waals surface area contributed by atoms with Crippen LogP contribution in [0.3, 0.4) is 0 Å². The van der Waals surface area contributed by atoms with Gasteiger partial charge < -0.3 is 4.18 Å². The maximum absolute atomic E-state index is 14.0. The van der Waals surface area contributed by atoms with Crippen LogP contribution in [0.4, 0.5) is 4.39 Å². The van der Waals surface area contributed by atoms with E-state index in [0.717, 1.165) is 44.8 Å². The lowest BCUT2D eigenvalue weighted by atomic mass is 10.0. The molecule has 0 aliphatic rings. The summed E-state index contributed by atoms with van der Waals surface area (Å²) in [6.07, 6.45) is 30.8. The molecule has 0 radical (unpaired) electrons. The highest BCUT2D eigenvalue weighted by Gasteiger charge is 2.25. The van der Waals surface area contributed by atoms with E-state index >= 15 is 0 Å². The van der Waals surface area contributed by atoms with Gasteiger partial charge in [0.15, 0.2) is 0 Å². The predicted molar refractivity (Wildman–Crippen MR) is 146 cm³/mol. The normalized spacial score (nSPS) is 13.0. The monoisotopic (exact) mass is 504 g/mol. The number of rotatable bonds is 27. The van der Waals surface area contributed by atoms with E-state index in [1.54, 1.807) is 6.08 Å². The van der Waals surface area contributed by atoms with Crippen molar-refractivity contribution in [3.05, 3.63) is 12.3 Å². The maximum Gasteiger partial charge on any atom is 0.341 e. The third-order valence-electron chi connectivity index (χ3n) is 6.61. The Morgan fingerprint density at radius 3 is 1.35 bits per heavy atom. The first kappa shape index (κ1) is 33.4. The second-order valence-electron chi connectivity index (χ2n) is 10.0. The fourth-order valence-corrected chi connectivity index (χ4v) is 5.09. The van der Waals surface area contributed by atoms with Gasteiger partial charge in [-0.15, -0.1) is 0 Å². The molecule has 0 saturated carbocycles. The zero-order valence-electron chi connectivity index (χ0n) is 22.7. The molecular formula is C29H57FO3S. The first-order chi connectivity index (χ1) is 16.5. The molecule has 0 bridgehead atoms. The summed E-state index contributed by atoms with van der Waals surface area (Å²) in [7, 11) is -4.14. The minimum absolute atomic E-state index is 0.0318. The molecule has 0 spiro atoms. The fourth-order valence-electron chi connectivity index (χ4n) is 4.28. The molecule has 0 fully saturated rings. The van der Waals surface area contributed by atoms with Crippen molar-refractivity contribution in [2.75, 3.05) is 0 Å². The van der Waals surface area contributed by atoms with E-state index in [4.69, 9.17) is 4.18 Å². The zero-order valence-corrected chi connectivity index (χ0v) is 23.5. The lowest BCUT2D eigenvalue weighted by Crippen LogP contribution is -2.17. The van der Waals surface area contributed by atoms with Crippen molar-refractivity contribution >= 4 is 10.1 Å². The third kappa shape index (κ3) is 23.2. The van der Waals surface area contributed by atoms with Crippen LogP contribution in [0.5, 0.6) is 0 Å². The van der Waals surface area contributed by atoms with Crippen molar-refractivity contribution in [1.29, 1.82) is 0 Å². The number of unbranched alkanes of at least 4 members (excludes halogenated alkanes) is 21. The molecule has 0 amide bonds. The van der Waals surface area contributed by atoms with Crippen LogP contribution in [0.25, 0.3) is 0 Å². The van der Waals surface area contributed by atoms with E-state index in [9.17, 15) is 12.8 Å². The van der Waals surface area contributed by atoms with Crippen LogP contribution in [0, 0.1) is 0 Å². The van der Waals surface area contributed by atoms with Crippen molar-refractivity contribution in [2.45, 2.75) is 173 Å². The van der Waals surface area contributed by atoms with Gasteiger partial charge in [0.05, 0.1) is 0 Å². The van der Waals surface area contributed by atoms with E-state index in [2.05, 4.69) is 13.8 Å². The molecule has 3 nitrogen and oxygen atoms in total. The Kier molecular flexibility index (Phi) is 25.1. The topological polar surface area (TPSA) is 43.4 Å². The lowest BCUT2D eigenvalue weighted by molar-refractivity contribution is 0.338. The Hall–Kier alpha value is -0.580. The SMILES string of the molecule is CCCCCCCCCCCCCCCCC=COS(=O)(=O)C(F)CCCCCCCCCC. The molecule has 0 aliphatic heterocycles. The van der Waals surface area contributed by atoms with Gasteiger partial charge in [-0.2, -0.15) is 8.42 Å². The first-order valence-electron chi connectivity index (χ1n) is 14.8. The summed E-state index contributed by atoms with van der Waals surface area (Å²) in [5.74, 6) is 0. The molecule has 0 aromatic heterocycles. The van der Waals surface area contributed by atoms with Gasteiger partial charge in [0.25, 0.3) is 0 Å². The number of halogens is 1. The first-order valence-corrected chi connectivity index (χ1v) is 16.2. The standard InChI is InChI=1S/C29H57FO3S/c1-3-5-7-9-11-13-14-15-16-17-18-19-20-22-24-26-28-33-34(31,32)29(30)27-25-23-21-12-10-8-6-4-2/h26,28-29H,3-25,27H2,1-2H3. The van der Waals surface area contributed by atoms with Crippen LogP contribution >= 0.6 is 0 Å². The van der Waals surface area contributed by atoms with Gasteiger partial charge in [0.2, 0.25) is 5.50 Å². The summed E-state index contributed by atoms with van der Waals surface area (Å²) >= 11 is 0. The minimum atomic E-state index is -4.14. The molecule has 0 aromatic rings. The highest BCUT2D eigenvalue weighted by Crippen LogP contribution is 2.17. The number of hydrogen-bond donors (Lipinski definition) is 0. The molecule has 1 unspecified atom stereocenters. The summed E-state index contributed by atoms with van der Waals surface area (Å²) in [6, 6.07) is 0. The summed E-state index contributed by atoms with van der Waals surface area (Å²) in [5.41, 5.74) is -1.92. The molecule has 0 heterocycles. The van der Waals surface area contributed by atoms with Crippen LogP contribution in [0.15, 0.2) is 12.3 Å². The Morgan fingerprint density at radius 2 is 0.941 bits per heavy atom. The minimum Gasteiger partial charge on any atom is -0.389 e. The predicted octanol–water partition coefficient (Wildman–Crippen LogP) is 10.5. The van der Waals surface area contributed by atoms with E-state index in [-0.39, 0.29) is 6.42 Å². The van der Waals surface area contributed by atoms with Crippen LogP contribution < -0.4 is 0 Å². The second kappa shape index (κ2) is 25.5. The van der Waals surface area contributed by atoms with Gasteiger partial charge in [-0.25, -0.2) is 4.39 Å². The van der Waals surface area contributed by atoms with Gasteiger partial charge in [0.1, 0.15) is 6.26 Å². The fraction of sp³-hybridized carbons (Fsp3) is 0.931. The van der Waals surface area contributed by atoms with Gasteiger partial charge >= 0.3 is 10.1 Å². The molecule has 5 heteroatoms. The smallest absolute Gasteiger partial charge is 0.341 e. The molecule has 0 saturated heterocycles. The third-order valence-corrected chi connectivity index (χ3v) is 7.85. The van der Waals surface area contributed by atoms with Gasteiger partial charge in [-0.3, -0.25) is 0 Å². The van der Waals surface area contributed by atoms with Crippen molar-refractivity contribution in [3.63, 3.8) is 0 Å². The van der Waals surface area contributed by atoms with Crippen LogP contribution in [0.2, 0.25) is 0 Å².